The number of aromatic nitrogens is 4. The van der Waals surface area contributed by atoms with Gasteiger partial charge in [0.2, 0.25) is 5.82 Å². The van der Waals surface area contributed by atoms with Crippen LogP contribution in [0.1, 0.15) is 27.3 Å². The Hall–Kier alpha value is -3.42. The second-order valence-electron chi connectivity index (χ2n) is 4.75. The van der Waals surface area contributed by atoms with E-state index in [-0.39, 0.29) is 28.2 Å². The molecule has 2 N–H and O–H groups in total. The van der Waals surface area contributed by atoms with E-state index in [4.69, 9.17) is 5.26 Å². The molecule has 0 amide bonds. The maximum atomic E-state index is 13.1. The van der Waals surface area contributed by atoms with E-state index >= 15 is 0 Å². The van der Waals surface area contributed by atoms with Gasteiger partial charge in [0.25, 0.3) is 0 Å². The van der Waals surface area contributed by atoms with E-state index in [1.807, 2.05) is 0 Å². The number of hydrogen-bond acceptors (Lipinski definition) is 7. The molecule has 1 heterocycles. The molecule has 0 saturated carbocycles. The third-order valence-corrected chi connectivity index (χ3v) is 3.15. The molecule has 1 aromatic carbocycles. The Kier molecular flexibility index (Phi) is 5.02. The molecule has 0 aliphatic rings. The number of nitrogens with zero attached hydrogens (tertiary/aromatic N) is 4. The second-order valence-corrected chi connectivity index (χ2v) is 4.75. The number of H-pyrrole nitrogens is 1. The number of anilines is 1. The number of hydrogen-bond donors (Lipinski definition) is 2. The number of nitrogens with one attached hydrogen (secondary N) is 2. The highest BCUT2D eigenvalue weighted by Crippen LogP contribution is 2.35. The Morgan fingerprint density at radius 3 is 2.68 bits per heavy atom. The maximum Gasteiger partial charge on any atom is 0.416 e. The number of allylic oxidation sites excluding steroid dienone is 1. The predicted molar refractivity (Wildman–Crippen MR) is 78.9 cm³/mol. The number of tetrazole rings is 1. The van der Waals surface area contributed by atoms with E-state index in [0.717, 1.165) is 25.4 Å². The number of aryl methyl sites for hydroxylation is 1. The number of ether oxygens (including phenoxy) is 1. The molecule has 0 atom stereocenters. The fourth-order valence-corrected chi connectivity index (χ4v) is 1.98. The van der Waals surface area contributed by atoms with Crippen LogP contribution >= 0.6 is 0 Å². The van der Waals surface area contributed by atoms with Gasteiger partial charge in [0.1, 0.15) is 11.6 Å². The summed E-state index contributed by atoms with van der Waals surface area (Å²) in [5.41, 5.74) is -1.45. The molecule has 0 fully saturated rings. The first-order chi connectivity index (χ1) is 11.8. The lowest BCUT2D eigenvalue weighted by Gasteiger charge is -2.15. The summed E-state index contributed by atoms with van der Waals surface area (Å²) < 4.78 is 43.8. The third kappa shape index (κ3) is 3.92. The molecule has 25 heavy (non-hydrogen) atoms. The summed E-state index contributed by atoms with van der Waals surface area (Å²) in [6.07, 6.45) is -3.54. The number of esters is 1. The zero-order valence-corrected chi connectivity index (χ0v) is 13.0. The molecule has 8 nitrogen and oxygen atoms in total. The number of benzene rings is 1. The van der Waals surface area contributed by atoms with Gasteiger partial charge >= 0.3 is 12.1 Å². The van der Waals surface area contributed by atoms with Gasteiger partial charge in [-0.15, -0.1) is 10.2 Å². The predicted octanol–water partition coefficient (Wildman–Crippen LogP) is 2.29. The van der Waals surface area contributed by atoms with Crippen molar-refractivity contribution in [3.8, 4) is 6.07 Å². The van der Waals surface area contributed by atoms with Crippen LogP contribution in [0, 0.1) is 18.3 Å². The average molecular weight is 352 g/mol. The van der Waals surface area contributed by atoms with Gasteiger partial charge in [-0.1, -0.05) is 0 Å². The summed E-state index contributed by atoms with van der Waals surface area (Å²) in [6.45, 7) is 1.23. The average Bonchev–Trinajstić information content (AvgIpc) is 3.08. The topological polar surface area (TPSA) is 117 Å². The fourth-order valence-electron chi connectivity index (χ4n) is 1.98. The van der Waals surface area contributed by atoms with E-state index in [9.17, 15) is 18.0 Å². The van der Waals surface area contributed by atoms with Crippen LogP contribution in [0.5, 0.6) is 0 Å². The summed E-state index contributed by atoms with van der Waals surface area (Å²) >= 11 is 0. The van der Waals surface area contributed by atoms with Crippen LogP contribution in [0.2, 0.25) is 0 Å². The molecule has 2 aromatic rings. The molecule has 0 radical (unpaired) electrons. The Morgan fingerprint density at radius 2 is 2.16 bits per heavy atom. The van der Waals surface area contributed by atoms with Crippen molar-refractivity contribution in [2.24, 2.45) is 0 Å². The lowest BCUT2D eigenvalue weighted by atomic mass is 10.0. The first-order valence-electron chi connectivity index (χ1n) is 6.68. The minimum atomic E-state index is -4.61. The molecular weight excluding hydrogens is 341 g/mol. The molecule has 0 saturated heterocycles. The van der Waals surface area contributed by atoms with Crippen molar-refractivity contribution < 1.29 is 22.7 Å². The molecule has 0 aliphatic heterocycles. The molecule has 1 aromatic heterocycles. The van der Waals surface area contributed by atoms with E-state index in [2.05, 4.69) is 30.7 Å². The van der Waals surface area contributed by atoms with Crippen molar-refractivity contribution in [3.05, 3.63) is 40.8 Å². The van der Waals surface area contributed by atoms with Gasteiger partial charge in [-0.05, 0) is 29.8 Å². The van der Waals surface area contributed by atoms with Gasteiger partial charge in [-0.3, -0.25) is 0 Å². The molecule has 0 spiro atoms. The molecule has 2 rings (SSSR count). The number of halogens is 3. The summed E-state index contributed by atoms with van der Waals surface area (Å²) in [6, 6.07) is 3.60. The van der Waals surface area contributed by atoms with Gasteiger partial charge in [0, 0.05) is 6.20 Å². The Labute approximate surface area is 139 Å². The van der Waals surface area contributed by atoms with E-state index in [0.29, 0.717) is 0 Å². The number of methoxy groups -OCH3 is 1. The van der Waals surface area contributed by atoms with Gasteiger partial charge in [0.05, 0.1) is 23.9 Å². The lowest BCUT2D eigenvalue weighted by molar-refractivity contribution is -0.138. The first-order valence-corrected chi connectivity index (χ1v) is 6.68. The van der Waals surface area contributed by atoms with E-state index in [1.54, 1.807) is 6.07 Å². The second kappa shape index (κ2) is 7.00. The highest BCUT2D eigenvalue weighted by molar-refractivity contribution is 5.96. The fraction of sp³-hybridized carbons (Fsp3) is 0.214. The van der Waals surface area contributed by atoms with Crippen molar-refractivity contribution >= 4 is 17.2 Å². The van der Waals surface area contributed by atoms with Gasteiger partial charge in [-0.25, -0.2) is 4.79 Å². The summed E-state index contributed by atoms with van der Waals surface area (Å²) in [5, 5.41) is 24.2. The molecule has 0 aliphatic carbocycles. The zero-order valence-electron chi connectivity index (χ0n) is 13.0. The number of alkyl halides is 3. The number of nitriles is 1. The van der Waals surface area contributed by atoms with Crippen molar-refractivity contribution in [2.75, 3.05) is 12.4 Å². The van der Waals surface area contributed by atoms with Gasteiger partial charge in [-0.2, -0.15) is 23.6 Å². The molecule has 0 bridgehead atoms. The van der Waals surface area contributed by atoms with Crippen LogP contribution in [-0.2, 0) is 10.9 Å². The highest BCUT2D eigenvalue weighted by Gasteiger charge is 2.33. The quantitative estimate of drug-likeness (QED) is 0.640. The number of rotatable bonds is 4. The van der Waals surface area contributed by atoms with Crippen molar-refractivity contribution in [1.82, 2.24) is 20.6 Å². The molecular formula is C14H11F3N6O2. The van der Waals surface area contributed by atoms with Crippen LogP contribution in [0.4, 0.5) is 18.9 Å². The van der Waals surface area contributed by atoms with Crippen LogP contribution in [-0.4, -0.2) is 33.7 Å². The number of carbonyl (C=O) groups excluding carboxylic acids is 1. The lowest BCUT2D eigenvalue weighted by Crippen LogP contribution is -2.12. The largest absolute Gasteiger partial charge is 0.465 e. The van der Waals surface area contributed by atoms with Gasteiger partial charge < -0.3 is 10.1 Å². The normalized spacial score (nSPS) is 11.8. The molecule has 0 unspecified atom stereocenters. The van der Waals surface area contributed by atoms with Crippen LogP contribution in [0.3, 0.4) is 0 Å². The molecule has 11 heteroatoms. The monoisotopic (exact) mass is 352 g/mol. The summed E-state index contributed by atoms with van der Waals surface area (Å²) in [5.74, 6) is -0.886. The Bertz CT molecular complexity index is 853. The van der Waals surface area contributed by atoms with Crippen LogP contribution < -0.4 is 5.32 Å². The van der Waals surface area contributed by atoms with Crippen molar-refractivity contribution in [2.45, 2.75) is 13.1 Å². The number of carbonyl (C=O) groups is 1. The summed E-state index contributed by atoms with van der Waals surface area (Å²) in [7, 11) is 1.11. The molecule has 130 valence electrons. The SMILES string of the molecule is COC(=O)c1cc(C)c(C(F)(F)F)cc1NC=C(C#N)c1nn[nH]n1. The minimum Gasteiger partial charge on any atom is -0.465 e. The number of aromatic amines is 1. The Balaban J connectivity index is 2.51. The van der Waals surface area contributed by atoms with Crippen molar-refractivity contribution in [1.29, 1.82) is 5.26 Å². The Morgan fingerprint density at radius 1 is 1.44 bits per heavy atom. The van der Waals surface area contributed by atoms with Crippen LogP contribution in [0.25, 0.3) is 5.57 Å². The third-order valence-electron chi connectivity index (χ3n) is 3.15. The highest BCUT2D eigenvalue weighted by atomic mass is 19.4. The van der Waals surface area contributed by atoms with E-state index < -0.39 is 17.7 Å². The van der Waals surface area contributed by atoms with Crippen LogP contribution in [0.15, 0.2) is 18.3 Å². The smallest absolute Gasteiger partial charge is 0.416 e. The standard InChI is InChI=1S/C14H11F3N6O2/c1-7-3-9(13(24)25-2)11(4-10(7)14(15,16)17)19-6-8(5-18)12-20-22-23-21-12/h3-4,6,19H,1-2H3,(H,20,21,22,23). The maximum absolute atomic E-state index is 13.1. The zero-order chi connectivity index (χ0) is 18.6. The first kappa shape index (κ1) is 17.9. The van der Waals surface area contributed by atoms with Crippen molar-refractivity contribution in [3.63, 3.8) is 0 Å². The van der Waals surface area contributed by atoms with Gasteiger partial charge in [0.15, 0.2) is 0 Å². The minimum absolute atomic E-state index is 0.0576. The summed E-state index contributed by atoms with van der Waals surface area (Å²) in [4.78, 5) is 11.8. The van der Waals surface area contributed by atoms with E-state index in [1.165, 1.54) is 6.92 Å².